The summed E-state index contributed by atoms with van der Waals surface area (Å²) in [7, 11) is 0. The molecule has 2 rings (SSSR count). The smallest absolute Gasteiger partial charge is 0.326 e. The molecule has 6 heteroatoms. The van der Waals surface area contributed by atoms with Crippen LogP contribution in [0.1, 0.15) is 24.8 Å². The molecule has 4 nitrogen and oxygen atoms in total. The van der Waals surface area contributed by atoms with Crippen LogP contribution in [0.5, 0.6) is 0 Å². The number of carboxylic acid groups (broad SMARTS) is 1. The lowest BCUT2D eigenvalue weighted by Gasteiger charge is -2.32. The van der Waals surface area contributed by atoms with E-state index in [-0.39, 0.29) is 5.91 Å². The Bertz CT molecular complexity index is 523. The fraction of sp³-hybridized carbons (Fsp3) is 0.467. The number of piperidine rings is 1. The second-order valence-corrected chi connectivity index (χ2v) is 6.48. The van der Waals surface area contributed by atoms with Crippen LogP contribution in [0.25, 0.3) is 0 Å². The van der Waals surface area contributed by atoms with Gasteiger partial charge in [0.05, 0.1) is 5.75 Å². The summed E-state index contributed by atoms with van der Waals surface area (Å²) in [5.74, 6) is 0.00535. The average Bonchev–Trinajstić information content (AvgIpc) is 2.47. The molecule has 1 heterocycles. The van der Waals surface area contributed by atoms with Crippen LogP contribution in [-0.2, 0) is 15.3 Å². The Kier molecular flexibility index (Phi) is 5.94. The second-order valence-electron chi connectivity index (χ2n) is 5.06. The highest BCUT2D eigenvalue weighted by Gasteiger charge is 2.31. The first-order chi connectivity index (χ1) is 10.1. The molecule has 21 heavy (non-hydrogen) atoms. The number of aliphatic carboxylic acids is 1. The van der Waals surface area contributed by atoms with Crippen molar-refractivity contribution in [2.75, 3.05) is 12.3 Å². The Balaban J connectivity index is 1.84. The van der Waals surface area contributed by atoms with Crippen molar-refractivity contribution in [1.82, 2.24) is 4.90 Å². The molecule has 1 amide bonds. The molecule has 0 radical (unpaired) electrons. The molecule has 0 unspecified atom stereocenters. The van der Waals surface area contributed by atoms with E-state index in [1.54, 1.807) is 0 Å². The summed E-state index contributed by atoms with van der Waals surface area (Å²) < 4.78 is 0. The Morgan fingerprint density at radius 2 is 2.19 bits per heavy atom. The van der Waals surface area contributed by atoms with E-state index in [1.165, 1.54) is 16.7 Å². The largest absolute Gasteiger partial charge is 0.480 e. The van der Waals surface area contributed by atoms with Gasteiger partial charge >= 0.3 is 5.97 Å². The van der Waals surface area contributed by atoms with Gasteiger partial charge in [-0.3, -0.25) is 4.79 Å². The Hall–Kier alpha value is -1.20. The van der Waals surface area contributed by atoms with Gasteiger partial charge in [-0.1, -0.05) is 23.7 Å². The number of thioether (sulfide) groups is 1. The van der Waals surface area contributed by atoms with Gasteiger partial charge in [0.2, 0.25) is 5.91 Å². The first kappa shape index (κ1) is 16.2. The standard InChI is InChI=1S/C15H18ClNO3S/c16-12-5-3-4-11(8-12)9-21-10-14(18)17-7-2-1-6-13(17)15(19)20/h3-5,8,13H,1-2,6-7,9-10H2,(H,19,20)/t13-/m1/s1. The molecule has 0 bridgehead atoms. The SMILES string of the molecule is O=C(O)[C@H]1CCCCN1C(=O)CSCc1cccc(Cl)c1. The summed E-state index contributed by atoms with van der Waals surface area (Å²) in [6.45, 7) is 0.549. The van der Waals surface area contributed by atoms with E-state index in [0.29, 0.717) is 29.5 Å². The number of benzene rings is 1. The molecule has 1 aromatic rings. The maximum atomic E-state index is 12.2. The number of hydrogen-bond acceptors (Lipinski definition) is 3. The molecule has 0 saturated carbocycles. The molecular weight excluding hydrogens is 310 g/mol. The predicted molar refractivity (Wildman–Crippen MR) is 84.6 cm³/mol. The maximum absolute atomic E-state index is 12.2. The lowest BCUT2D eigenvalue weighted by Crippen LogP contribution is -2.48. The topological polar surface area (TPSA) is 57.6 Å². The number of carbonyl (C=O) groups excluding carboxylic acids is 1. The normalized spacial score (nSPS) is 18.5. The van der Waals surface area contributed by atoms with Gasteiger partial charge in [-0.05, 0) is 37.0 Å². The van der Waals surface area contributed by atoms with E-state index < -0.39 is 12.0 Å². The number of halogens is 1. The predicted octanol–water partition coefficient (Wildman–Crippen LogP) is 3.04. The monoisotopic (exact) mass is 327 g/mol. The highest BCUT2D eigenvalue weighted by Crippen LogP contribution is 2.21. The van der Waals surface area contributed by atoms with Crippen LogP contribution < -0.4 is 0 Å². The number of carboxylic acids is 1. The first-order valence-corrected chi connectivity index (χ1v) is 8.45. The van der Waals surface area contributed by atoms with E-state index >= 15 is 0 Å². The van der Waals surface area contributed by atoms with Crippen molar-refractivity contribution in [3.63, 3.8) is 0 Å². The molecule has 1 saturated heterocycles. The fourth-order valence-electron chi connectivity index (χ4n) is 2.45. The van der Waals surface area contributed by atoms with Gasteiger partial charge in [-0.2, -0.15) is 0 Å². The zero-order valence-electron chi connectivity index (χ0n) is 11.6. The molecule has 1 fully saturated rings. The molecular formula is C15H18ClNO3S. The summed E-state index contributed by atoms with van der Waals surface area (Å²) in [6, 6.07) is 6.87. The molecule has 1 N–H and O–H groups in total. The van der Waals surface area contributed by atoms with Crippen LogP contribution in [-0.4, -0.2) is 40.2 Å². The quantitative estimate of drug-likeness (QED) is 0.903. The second kappa shape index (κ2) is 7.71. The maximum Gasteiger partial charge on any atom is 0.326 e. The van der Waals surface area contributed by atoms with E-state index in [4.69, 9.17) is 11.6 Å². The molecule has 0 aliphatic carbocycles. The minimum atomic E-state index is -0.900. The van der Waals surface area contributed by atoms with Crippen LogP contribution in [0.2, 0.25) is 5.02 Å². The molecule has 1 aromatic carbocycles. The fourth-order valence-corrected chi connectivity index (χ4v) is 3.52. The van der Waals surface area contributed by atoms with Gasteiger partial charge in [-0.15, -0.1) is 11.8 Å². The highest BCUT2D eigenvalue weighted by molar-refractivity contribution is 7.99. The molecule has 1 aliphatic rings. The Morgan fingerprint density at radius 1 is 1.38 bits per heavy atom. The third kappa shape index (κ3) is 4.64. The molecule has 0 spiro atoms. The van der Waals surface area contributed by atoms with Crippen molar-refractivity contribution in [3.05, 3.63) is 34.9 Å². The van der Waals surface area contributed by atoms with Crippen LogP contribution in [0.3, 0.4) is 0 Å². The van der Waals surface area contributed by atoms with E-state index in [2.05, 4.69) is 0 Å². The van der Waals surface area contributed by atoms with Gasteiger partial charge in [0.15, 0.2) is 0 Å². The van der Waals surface area contributed by atoms with Gasteiger partial charge < -0.3 is 10.0 Å². The van der Waals surface area contributed by atoms with Gasteiger partial charge in [0.25, 0.3) is 0 Å². The molecule has 0 aromatic heterocycles. The number of likely N-dealkylation sites (tertiary alicyclic amines) is 1. The third-order valence-electron chi connectivity index (χ3n) is 3.49. The van der Waals surface area contributed by atoms with Crippen molar-refractivity contribution >= 4 is 35.2 Å². The number of carbonyl (C=O) groups is 2. The zero-order chi connectivity index (χ0) is 15.2. The van der Waals surface area contributed by atoms with Crippen LogP contribution in [0.15, 0.2) is 24.3 Å². The number of nitrogens with zero attached hydrogens (tertiary/aromatic N) is 1. The Labute approximate surface area is 133 Å². The highest BCUT2D eigenvalue weighted by atomic mass is 35.5. The van der Waals surface area contributed by atoms with Crippen molar-refractivity contribution in [1.29, 1.82) is 0 Å². The summed E-state index contributed by atoms with van der Waals surface area (Å²) in [4.78, 5) is 24.9. The zero-order valence-corrected chi connectivity index (χ0v) is 13.2. The summed E-state index contributed by atoms with van der Waals surface area (Å²) >= 11 is 7.40. The van der Waals surface area contributed by atoms with Crippen molar-refractivity contribution in [2.24, 2.45) is 0 Å². The van der Waals surface area contributed by atoms with E-state index in [1.807, 2.05) is 24.3 Å². The van der Waals surface area contributed by atoms with Gasteiger partial charge in [0.1, 0.15) is 6.04 Å². The Morgan fingerprint density at radius 3 is 2.90 bits per heavy atom. The number of hydrogen-bond donors (Lipinski definition) is 1. The van der Waals surface area contributed by atoms with Gasteiger partial charge in [0, 0.05) is 17.3 Å². The molecule has 114 valence electrons. The number of rotatable bonds is 5. The lowest BCUT2D eigenvalue weighted by atomic mass is 10.0. The lowest BCUT2D eigenvalue weighted by molar-refractivity contribution is -0.150. The first-order valence-electron chi connectivity index (χ1n) is 6.92. The summed E-state index contributed by atoms with van der Waals surface area (Å²) in [5, 5.41) is 9.86. The van der Waals surface area contributed by atoms with Crippen LogP contribution in [0.4, 0.5) is 0 Å². The number of amides is 1. The van der Waals surface area contributed by atoms with Crippen molar-refractivity contribution in [2.45, 2.75) is 31.1 Å². The van der Waals surface area contributed by atoms with E-state index in [9.17, 15) is 14.7 Å². The van der Waals surface area contributed by atoms with Gasteiger partial charge in [-0.25, -0.2) is 4.79 Å². The summed E-state index contributed by atoms with van der Waals surface area (Å²) in [6.07, 6.45) is 2.31. The minimum absolute atomic E-state index is 0.0888. The van der Waals surface area contributed by atoms with Crippen molar-refractivity contribution < 1.29 is 14.7 Å². The average molecular weight is 328 g/mol. The molecule has 1 atom stereocenters. The minimum Gasteiger partial charge on any atom is -0.480 e. The van der Waals surface area contributed by atoms with Crippen LogP contribution in [0, 0.1) is 0 Å². The summed E-state index contributed by atoms with van der Waals surface area (Å²) in [5.41, 5.74) is 1.06. The van der Waals surface area contributed by atoms with Crippen molar-refractivity contribution in [3.8, 4) is 0 Å². The van der Waals surface area contributed by atoms with E-state index in [0.717, 1.165) is 18.4 Å². The molecule has 1 aliphatic heterocycles. The van der Waals surface area contributed by atoms with Crippen LogP contribution >= 0.6 is 23.4 Å². The third-order valence-corrected chi connectivity index (χ3v) is 4.72.